The van der Waals surface area contributed by atoms with Gasteiger partial charge in [0.05, 0.1) is 11.4 Å². The molecule has 3 aromatic carbocycles. The van der Waals surface area contributed by atoms with E-state index in [1.165, 1.54) is 28.8 Å². The molecule has 5 rings (SSSR count). The van der Waals surface area contributed by atoms with Crippen LogP contribution in [0.25, 0.3) is 0 Å². The van der Waals surface area contributed by atoms with Crippen molar-refractivity contribution in [2.24, 2.45) is 9.98 Å². The highest BCUT2D eigenvalue weighted by Crippen LogP contribution is 2.37. The molecule has 8 heteroatoms. The Morgan fingerprint density at radius 3 is 2.52 bits per heavy atom. The van der Waals surface area contributed by atoms with Crippen LogP contribution in [0.5, 0.6) is 0 Å². The first-order chi connectivity index (χ1) is 16.1. The molecule has 2 amide bonds. The normalized spacial score (nSPS) is 16.6. The van der Waals surface area contributed by atoms with E-state index in [9.17, 15) is 14.0 Å². The molecular formula is C25H19FN4O2S. The molecule has 0 spiro atoms. The smallest absolute Gasteiger partial charge is 0.263 e. The average Bonchev–Trinajstić information content (AvgIpc) is 3.20. The number of nitrogens with zero attached hydrogens (tertiary/aromatic N) is 3. The van der Waals surface area contributed by atoms with Crippen molar-refractivity contribution in [2.75, 3.05) is 5.75 Å². The van der Waals surface area contributed by atoms with Gasteiger partial charge in [-0.3, -0.25) is 9.59 Å². The van der Waals surface area contributed by atoms with Gasteiger partial charge in [0.25, 0.3) is 5.91 Å². The predicted octanol–water partition coefficient (Wildman–Crippen LogP) is 4.21. The van der Waals surface area contributed by atoms with Crippen LogP contribution in [0.1, 0.15) is 22.7 Å². The summed E-state index contributed by atoms with van der Waals surface area (Å²) in [5, 5.41) is 3.24. The fraction of sp³-hybridized carbons (Fsp3) is 0.120. The third-order valence-corrected chi connectivity index (χ3v) is 6.26. The molecule has 0 aliphatic carbocycles. The van der Waals surface area contributed by atoms with E-state index >= 15 is 0 Å². The lowest BCUT2D eigenvalue weighted by Crippen LogP contribution is -2.40. The second kappa shape index (κ2) is 8.99. The minimum Gasteiger partial charge on any atom is -0.351 e. The summed E-state index contributed by atoms with van der Waals surface area (Å²) in [4.78, 5) is 36.7. The summed E-state index contributed by atoms with van der Waals surface area (Å²) in [6, 6.07) is 22.2. The van der Waals surface area contributed by atoms with Crippen molar-refractivity contribution in [2.45, 2.75) is 12.6 Å². The topological polar surface area (TPSA) is 74.1 Å². The lowest BCUT2D eigenvalue weighted by atomic mass is 10.1. The molecule has 3 aromatic rings. The number of carbonyl (C=O) groups is 2. The molecule has 0 unspecified atom stereocenters. The van der Waals surface area contributed by atoms with Crippen LogP contribution < -0.4 is 5.32 Å². The Balaban J connectivity index is 1.34. The zero-order valence-corrected chi connectivity index (χ0v) is 18.3. The molecule has 0 saturated heterocycles. The number of amides is 2. The van der Waals surface area contributed by atoms with Gasteiger partial charge in [0.1, 0.15) is 11.7 Å². The van der Waals surface area contributed by atoms with Crippen LogP contribution >= 0.6 is 11.8 Å². The molecule has 2 heterocycles. The molecule has 0 aromatic heterocycles. The molecule has 0 saturated carbocycles. The number of aliphatic imine (C=N–C) groups is 2. The fourth-order valence-corrected chi connectivity index (χ4v) is 4.51. The van der Waals surface area contributed by atoms with Gasteiger partial charge in [0.15, 0.2) is 11.2 Å². The number of nitrogens with one attached hydrogen (secondary N) is 1. The number of benzene rings is 3. The summed E-state index contributed by atoms with van der Waals surface area (Å²) in [6.07, 6.45) is 0. The molecular weight excluding hydrogens is 439 g/mol. The van der Waals surface area contributed by atoms with Crippen LogP contribution in [0, 0.1) is 5.82 Å². The number of fused-ring (bicyclic) bond motifs is 3. The van der Waals surface area contributed by atoms with Gasteiger partial charge in [-0.1, -0.05) is 66.4 Å². The first kappa shape index (κ1) is 21.1. The number of amidine groups is 2. The Hall–Kier alpha value is -3.78. The summed E-state index contributed by atoms with van der Waals surface area (Å²) in [6.45, 7) is 0.292. The van der Waals surface area contributed by atoms with Gasteiger partial charge in [-0.25, -0.2) is 19.3 Å². The Kier molecular flexibility index (Phi) is 5.75. The minimum absolute atomic E-state index is 0.0786. The molecule has 33 heavy (non-hydrogen) atoms. The van der Waals surface area contributed by atoms with Crippen molar-refractivity contribution in [3.63, 3.8) is 0 Å². The number of para-hydroxylation sites is 1. The second-order valence-corrected chi connectivity index (χ2v) is 8.49. The van der Waals surface area contributed by atoms with Gasteiger partial charge in [-0.15, -0.1) is 0 Å². The number of halogens is 1. The lowest BCUT2D eigenvalue weighted by molar-refractivity contribution is -0.124. The largest absolute Gasteiger partial charge is 0.351 e. The zero-order valence-electron chi connectivity index (χ0n) is 17.4. The van der Waals surface area contributed by atoms with Crippen molar-refractivity contribution in [1.29, 1.82) is 0 Å². The highest BCUT2D eigenvalue weighted by Gasteiger charge is 2.42. The van der Waals surface area contributed by atoms with Gasteiger partial charge in [-0.05, 0) is 35.4 Å². The van der Waals surface area contributed by atoms with E-state index in [4.69, 9.17) is 4.99 Å². The number of thioether (sulfide) groups is 1. The third kappa shape index (κ3) is 4.29. The van der Waals surface area contributed by atoms with Gasteiger partial charge >= 0.3 is 0 Å². The van der Waals surface area contributed by atoms with E-state index in [0.29, 0.717) is 23.2 Å². The summed E-state index contributed by atoms with van der Waals surface area (Å²) in [5.74, 6) is -0.0966. The molecule has 0 fully saturated rings. The predicted molar refractivity (Wildman–Crippen MR) is 127 cm³/mol. The van der Waals surface area contributed by atoms with E-state index in [2.05, 4.69) is 10.3 Å². The van der Waals surface area contributed by atoms with E-state index in [1.54, 1.807) is 12.1 Å². The van der Waals surface area contributed by atoms with Crippen molar-refractivity contribution >= 4 is 40.3 Å². The van der Waals surface area contributed by atoms with E-state index in [0.717, 1.165) is 16.7 Å². The van der Waals surface area contributed by atoms with Gasteiger partial charge in [-0.2, -0.15) is 0 Å². The number of rotatable bonds is 5. The van der Waals surface area contributed by atoms with Crippen LogP contribution in [0.15, 0.2) is 88.8 Å². The minimum atomic E-state index is -0.648. The summed E-state index contributed by atoms with van der Waals surface area (Å²) in [5.41, 5.74) is 3.11. The monoisotopic (exact) mass is 458 g/mol. The highest BCUT2D eigenvalue weighted by atomic mass is 32.2. The highest BCUT2D eigenvalue weighted by molar-refractivity contribution is 8.14. The molecule has 2 aliphatic rings. The van der Waals surface area contributed by atoms with Crippen LogP contribution in [0.2, 0.25) is 0 Å². The van der Waals surface area contributed by atoms with Crippen molar-refractivity contribution in [3.05, 3.63) is 101 Å². The SMILES string of the molecule is O=C(CSC1=Nc2ccccc2C2=N[C@@H](c3ccccc3)C(=O)N12)NCc1ccc(F)cc1. The average molecular weight is 459 g/mol. The Labute approximate surface area is 194 Å². The number of carbonyl (C=O) groups excluding carboxylic acids is 2. The van der Waals surface area contributed by atoms with Gasteiger partial charge < -0.3 is 5.32 Å². The van der Waals surface area contributed by atoms with Crippen LogP contribution in [-0.2, 0) is 16.1 Å². The van der Waals surface area contributed by atoms with Crippen molar-refractivity contribution in [1.82, 2.24) is 10.2 Å². The van der Waals surface area contributed by atoms with Gasteiger partial charge in [0, 0.05) is 12.1 Å². The Morgan fingerprint density at radius 2 is 1.73 bits per heavy atom. The van der Waals surface area contributed by atoms with E-state index in [1.807, 2.05) is 54.6 Å². The molecule has 164 valence electrons. The molecule has 2 aliphatic heterocycles. The van der Waals surface area contributed by atoms with E-state index < -0.39 is 6.04 Å². The number of hydrogen-bond donors (Lipinski definition) is 1. The van der Waals surface area contributed by atoms with Crippen molar-refractivity contribution < 1.29 is 14.0 Å². The van der Waals surface area contributed by atoms with Crippen LogP contribution in [0.4, 0.5) is 10.1 Å². The van der Waals surface area contributed by atoms with E-state index in [-0.39, 0.29) is 23.4 Å². The first-order valence-electron chi connectivity index (χ1n) is 10.4. The first-order valence-corrected chi connectivity index (χ1v) is 11.4. The summed E-state index contributed by atoms with van der Waals surface area (Å²) in [7, 11) is 0. The number of hydrogen-bond acceptors (Lipinski definition) is 5. The fourth-order valence-electron chi connectivity index (χ4n) is 3.68. The maximum atomic E-state index is 13.3. The van der Waals surface area contributed by atoms with Crippen LogP contribution in [0.3, 0.4) is 0 Å². The Morgan fingerprint density at radius 1 is 1.00 bits per heavy atom. The maximum absolute atomic E-state index is 13.3. The standard InChI is InChI=1S/C25H19FN4O2S/c26-18-12-10-16(11-13-18)14-27-21(31)15-33-25-28-20-9-5-4-8-19(20)23-29-22(24(32)30(23)25)17-6-2-1-3-7-17/h1-13,22H,14-15H2,(H,27,31)/t22-/m0/s1. The third-order valence-electron chi connectivity index (χ3n) is 5.32. The summed E-state index contributed by atoms with van der Waals surface area (Å²) < 4.78 is 13.0. The molecule has 1 N–H and O–H groups in total. The Bertz CT molecular complexity index is 1280. The molecule has 6 nitrogen and oxygen atoms in total. The molecule has 0 radical (unpaired) electrons. The lowest BCUT2D eigenvalue weighted by Gasteiger charge is -2.25. The molecule has 1 atom stereocenters. The quantitative estimate of drug-likeness (QED) is 0.623. The van der Waals surface area contributed by atoms with Crippen molar-refractivity contribution in [3.8, 4) is 0 Å². The van der Waals surface area contributed by atoms with Crippen LogP contribution in [-0.4, -0.2) is 33.5 Å². The second-order valence-electron chi connectivity index (χ2n) is 7.54. The molecule has 0 bridgehead atoms. The summed E-state index contributed by atoms with van der Waals surface area (Å²) >= 11 is 1.19. The van der Waals surface area contributed by atoms with Gasteiger partial charge in [0.2, 0.25) is 5.91 Å². The maximum Gasteiger partial charge on any atom is 0.263 e. The zero-order chi connectivity index (χ0) is 22.8.